The van der Waals surface area contributed by atoms with E-state index in [9.17, 15) is 0 Å². The van der Waals surface area contributed by atoms with E-state index in [-0.39, 0.29) is 0 Å². The second kappa shape index (κ2) is 3.71. The van der Waals surface area contributed by atoms with Gasteiger partial charge in [-0.25, -0.2) is 0 Å². The highest BCUT2D eigenvalue weighted by Gasteiger charge is 2.53. The number of thioether (sulfide) groups is 1. The molecule has 0 unspecified atom stereocenters. The molecular weight excluding hydrogens is 190 g/mol. The minimum atomic E-state index is 0.796. The first-order valence-corrected chi connectivity index (χ1v) is 7.36. The van der Waals surface area contributed by atoms with Gasteiger partial charge in [0.15, 0.2) is 0 Å². The molecular formula is C12H21NS. The maximum atomic E-state index is 3.83. The number of rotatable bonds is 4. The lowest BCUT2D eigenvalue weighted by molar-refractivity contribution is 0.361. The third kappa shape index (κ3) is 1.96. The van der Waals surface area contributed by atoms with Crippen LogP contribution in [0.5, 0.6) is 0 Å². The fourth-order valence-corrected chi connectivity index (χ4v) is 3.94. The van der Waals surface area contributed by atoms with Crippen molar-refractivity contribution in [3.63, 3.8) is 0 Å². The van der Waals surface area contributed by atoms with Crippen LogP contribution in [0.2, 0.25) is 0 Å². The SMILES string of the molecule is C1CC(NCC2(C3CC3)CC2)CCS1. The smallest absolute Gasteiger partial charge is 0.00830 e. The van der Waals surface area contributed by atoms with Gasteiger partial charge in [0.25, 0.3) is 0 Å². The van der Waals surface area contributed by atoms with Crippen LogP contribution in [0, 0.1) is 11.3 Å². The van der Waals surface area contributed by atoms with Crippen molar-refractivity contribution in [2.45, 2.75) is 44.6 Å². The van der Waals surface area contributed by atoms with Crippen molar-refractivity contribution < 1.29 is 0 Å². The van der Waals surface area contributed by atoms with Crippen LogP contribution in [-0.2, 0) is 0 Å². The van der Waals surface area contributed by atoms with Gasteiger partial charge in [-0.2, -0.15) is 11.8 Å². The van der Waals surface area contributed by atoms with Gasteiger partial charge < -0.3 is 5.32 Å². The average molecular weight is 211 g/mol. The van der Waals surface area contributed by atoms with Crippen LogP contribution in [0.4, 0.5) is 0 Å². The molecule has 0 aromatic heterocycles. The maximum Gasteiger partial charge on any atom is 0.00830 e. The fourth-order valence-electron chi connectivity index (χ4n) is 2.83. The molecule has 80 valence electrons. The van der Waals surface area contributed by atoms with E-state index >= 15 is 0 Å². The molecule has 0 aromatic carbocycles. The summed E-state index contributed by atoms with van der Waals surface area (Å²) in [4.78, 5) is 0. The van der Waals surface area contributed by atoms with Crippen LogP contribution in [0.25, 0.3) is 0 Å². The van der Waals surface area contributed by atoms with Crippen LogP contribution in [0.1, 0.15) is 38.5 Å². The molecule has 14 heavy (non-hydrogen) atoms. The molecule has 0 bridgehead atoms. The van der Waals surface area contributed by atoms with Gasteiger partial charge in [-0.3, -0.25) is 0 Å². The van der Waals surface area contributed by atoms with Gasteiger partial charge >= 0.3 is 0 Å². The summed E-state index contributed by atoms with van der Waals surface area (Å²) < 4.78 is 0. The van der Waals surface area contributed by atoms with Crippen molar-refractivity contribution in [3.05, 3.63) is 0 Å². The van der Waals surface area contributed by atoms with Crippen molar-refractivity contribution in [1.82, 2.24) is 5.32 Å². The third-order valence-corrected chi connectivity index (χ3v) is 5.35. The summed E-state index contributed by atoms with van der Waals surface area (Å²) in [6.45, 7) is 1.34. The molecule has 1 heterocycles. The molecule has 3 rings (SSSR count). The minimum Gasteiger partial charge on any atom is -0.313 e. The lowest BCUT2D eigenvalue weighted by Gasteiger charge is -2.25. The molecule has 0 amide bonds. The number of nitrogens with one attached hydrogen (secondary N) is 1. The molecule has 0 radical (unpaired) electrons. The van der Waals surface area contributed by atoms with Crippen LogP contribution in [0.3, 0.4) is 0 Å². The zero-order chi connectivity index (χ0) is 9.43. The van der Waals surface area contributed by atoms with E-state index in [4.69, 9.17) is 0 Å². The van der Waals surface area contributed by atoms with Crippen molar-refractivity contribution in [1.29, 1.82) is 0 Å². The summed E-state index contributed by atoms with van der Waals surface area (Å²) in [6.07, 6.45) is 8.92. The summed E-state index contributed by atoms with van der Waals surface area (Å²) in [7, 11) is 0. The first-order chi connectivity index (χ1) is 6.89. The fraction of sp³-hybridized carbons (Fsp3) is 1.00. The van der Waals surface area contributed by atoms with E-state index in [1.807, 2.05) is 0 Å². The quantitative estimate of drug-likeness (QED) is 0.767. The Balaban J connectivity index is 1.44. The Hall–Kier alpha value is 0.310. The van der Waals surface area contributed by atoms with Gasteiger partial charge in [-0.15, -0.1) is 0 Å². The Kier molecular flexibility index (Phi) is 2.53. The Bertz CT molecular complexity index is 202. The maximum absolute atomic E-state index is 3.83. The summed E-state index contributed by atoms with van der Waals surface area (Å²) >= 11 is 2.13. The molecule has 3 fully saturated rings. The molecule has 2 aliphatic carbocycles. The van der Waals surface area contributed by atoms with Crippen LogP contribution >= 0.6 is 11.8 Å². The molecule has 3 aliphatic rings. The summed E-state index contributed by atoms with van der Waals surface area (Å²) in [5, 5.41) is 3.83. The van der Waals surface area contributed by atoms with Gasteiger partial charge in [0.1, 0.15) is 0 Å². The zero-order valence-electron chi connectivity index (χ0n) is 8.93. The van der Waals surface area contributed by atoms with Gasteiger partial charge in [0.2, 0.25) is 0 Å². The molecule has 0 spiro atoms. The van der Waals surface area contributed by atoms with Crippen molar-refractivity contribution in [2.75, 3.05) is 18.1 Å². The zero-order valence-corrected chi connectivity index (χ0v) is 9.74. The Morgan fingerprint density at radius 3 is 2.36 bits per heavy atom. The monoisotopic (exact) mass is 211 g/mol. The molecule has 1 N–H and O–H groups in total. The third-order valence-electron chi connectivity index (χ3n) is 4.30. The molecule has 1 aliphatic heterocycles. The lowest BCUT2D eigenvalue weighted by atomic mass is 10.00. The number of hydrogen-bond acceptors (Lipinski definition) is 2. The molecule has 0 aromatic rings. The summed E-state index contributed by atoms with van der Waals surface area (Å²) in [5.41, 5.74) is 0.796. The standard InChI is InChI=1S/C12H21NS/c1-2-10(1)12(5-6-12)9-13-11-3-7-14-8-4-11/h10-11,13H,1-9H2. The molecule has 2 saturated carbocycles. The highest BCUT2D eigenvalue weighted by Crippen LogP contribution is 2.60. The first kappa shape index (κ1) is 9.53. The van der Waals surface area contributed by atoms with E-state index in [0.29, 0.717) is 0 Å². The minimum absolute atomic E-state index is 0.796. The van der Waals surface area contributed by atoms with Gasteiger partial charge in [-0.1, -0.05) is 0 Å². The summed E-state index contributed by atoms with van der Waals surface area (Å²) in [6, 6.07) is 0.854. The topological polar surface area (TPSA) is 12.0 Å². The van der Waals surface area contributed by atoms with Crippen LogP contribution in [-0.4, -0.2) is 24.1 Å². The Labute approximate surface area is 91.4 Å². The predicted octanol–water partition coefficient (Wildman–Crippen LogP) is 2.66. The van der Waals surface area contributed by atoms with E-state index in [2.05, 4.69) is 17.1 Å². The van der Waals surface area contributed by atoms with Crippen molar-refractivity contribution >= 4 is 11.8 Å². The largest absolute Gasteiger partial charge is 0.313 e. The van der Waals surface area contributed by atoms with Gasteiger partial charge in [0.05, 0.1) is 0 Å². The average Bonchev–Trinajstić information content (AvgIpc) is 3.08. The summed E-state index contributed by atoms with van der Waals surface area (Å²) in [5.74, 6) is 3.88. The van der Waals surface area contributed by atoms with Crippen molar-refractivity contribution in [2.24, 2.45) is 11.3 Å². The Morgan fingerprint density at radius 1 is 1.07 bits per heavy atom. The second-order valence-electron chi connectivity index (χ2n) is 5.40. The van der Waals surface area contributed by atoms with E-state index in [0.717, 1.165) is 17.4 Å². The van der Waals surface area contributed by atoms with E-state index < -0.39 is 0 Å². The first-order valence-electron chi connectivity index (χ1n) is 6.20. The van der Waals surface area contributed by atoms with Gasteiger partial charge in [-0.05, 0) is 61.4 Å². The Morgan fingerprint density at radius 2 is 1.79 bits per heavy atom. The van der Waals surface area contributed by atoms with Crippen LogP contribution < -0.4 is 5.32 Å². The molecule has 1 saturated heterocycles. The predicted molar refractivity (Wildman–Crippen MR) is 62.7 cm³/mol. The molecule has 2 heteroatoms. The number of hydrogen-bond donors (Lipinski definition) is 1. The highest BCUT2D eigenvalue weighted by atomic mass is 32.2. The normalized spacial score (nSPS) is 31.7. The molecule has 1 nitrogen and oxygen atoms in total. The van der Waals surface area contributed by atoms with Crippen molar-refractivity contribution in [3.8, 4) is 0 Å². The van der Waals surface area contributed by atoms with E-state index in [1.54, 1.807) is 0 Å². The van der Waals surface area contributed by atoms with Crippen LogP contribution in [0.15, 0.2) is 0 Å². The second-order valence-corrected chi connectivity index (χ2v) is 6.63. The lowest BCUT2D eigenvalue weighted by Crippen LogP contribution is -2.37. The van der Waals surface area contributed by atoms with E-state index in [1.165, 1.54) is 56.6 Å². The highest BCUT2D eigenvalue weighted by molar-refractivity contribution is 7.99. The van der Waals surface area contributed by atoms with Gasteiger partial charge in [0, 0.05) is 12.6 Å². The molecule has 0 atom stereocenters.